The lowest BCUT2D eigenvalue weighted by atomic mass is 10.1. The Morgan fingerprint density at radius 3 is 2.45 bits per heavy atom. The Morgan fingerprint density at radius 2 is 1.85 bits per heavy atom. The highest BCUT2D eigenvalue weighted by Crippen LogP contribution is 2.08. The second-order valence-electron chi connectivity index (χ2n) is 5.68. The Morgan fingerprint density at radius 1 is 1.25 bits per heavy atom. The number of carboxylic acid groups (broad SMARTS) is 1. The third kappa shape index (κ3) is 4.94. The number of nitrogens with one attached hydrogen (secondary N) is 1. The highest BCUT2D eigenvalue weighted by Gasteiger charge is 2.14. The van der Waals surface area contributed by atoms with Gasteiger partial charge in [0, 0.05) is 19.1 Å². The maximum absolute atomic E-state index is 10.6. The zero-order chi connectivity index (χ0) is 14.4. The van der Waals surface area contributed by atoms with E-state index >= 15 is 0 Å². The summed E-state index contributed by atoms with van der Waals surface area (Å²) in [5, 5.41) is 12.3. The van der Waals surface area contributed by atoms with E-state index in [0.29, 0.717) is 6.04 Å². The topological polar surface area (TPSA) is 52.6 Å². The van der Waals surface area contributed by atoms with E-state index in [9.17, 15) is 4.79 Å². The van der Waals surface area contributed by atoms with Gasteiger partial charge in [-0.15, -0.1) is 0 Å². The van der Waals surface area contributed by atoms with Crippen LogP contribution in [0.5, 0.6) is 0 Å². The largest absolute Gasteiger partial charge is 0.481 e. The minimum Gasteiger partial charge on any atom is -0.481 e. The minimum absolute atomic E-state index is 0.0963. The van der Waals surface area contributed by atoms with Crippen molar-refractivity contribution >= 4 is 5.97 Å². The number of benzene rings is 1. The van der Waals surface area contributed by atoms with E-state index in [1.165, 1.54) is 31.5 Å². The molecule has 20 heavy (non-hydrogen) atoms. The van der Waals surface area contributed by atoms with Gasteiger partial charge in [-0.2, -0.15) is 0 Å². The first-order valence-electron chi connectivity index (χ1n) is 7.39. The Labute approximate surface area is 120 Å². The molecule has 4 heteroatoms. The second kappa shape index (κ2) is 7.41. The molecule has 1 aliphatic heterocycles. The SMILES string of the molecule is CC(CN1CCCC1)NCc1ccc(CC(=O)O)cc1. The summed E-state index contributed by atoms with van der Waals surface area (Å²) in [4.78, 5) is 13.1. The summed E-state index contributed by atoms with van der Waals surface area (Å²) in [5.74, 6) is -0.782. The van der Waals surface area contributed by atoms with E-state index in [1.807, 2.05) is 24.3 Å². The molecule has 1 fully saturated rings. The van der Waals surface area contributed by atoms with Crippen LogP contribution in [0.4, 0.5) is 0 Å². The number of hydrogen-bond acceptors (Lipinski definition) is 3. The van der Waals surface area contributed by atoms with Crippen molar-refractivity contribution < 1.29 is 9.90 Å². The zero-order valence-electron chi connectivity index (χ0n) is 12.1. The van der Waals surface area contributed by atoms with Gasteiger partial charge >= 0.3 is 5.97 Å². The van der Waals surface area contributed by atoms with E-state index in [1.54, 1.807) is 0 Å². The maximum Gasteiger partial charge on any atom is 0.307 e. The fourth-order valence-corrected chi connectivity index (χ4v) is 2.66. The van der Waals surface area contributed by atoms with E-state index in [0.717, 1.165) is 18.7 Å². The summed E-state index contributed by atoms with van der Waals surface area (Å²) in [5.41, 5.74) is 2.05. The molecule has 1 aromatic carbocycles. The molecule has 2 N–H and O–H groups in total. The smallest absolute Gasteiger partial charge is 0.307 e. The molecule has 0 bridgehead atoms. The van der Waals surface area contributed by atoms with Crippen molar-refractivity contribution in [1.82, 2.24) is 10.2 Å². The first-order valence-corrected chi connectivity index (χ1v) is 7.39. The summed E-state index contributed by atoms with van der Waals surface area (Å²) < 4.78 is 0. The third-order valence-electron chi connectivity index (χ3n) is 3.76. The predicted octanol–water partition coefficient (Wildman–Crippen LogP) is 1.89. The summed E-state index contributed by atoms with van der Waals surface area (Å²) in [6.45, 7) is 6.63. The zero-order valence-corrected chi connectivity index (χ0v) is 12.1. The number of nitrogens with zero attached hydrogens (tertiary/aromatic N) is 1. The van der Waals surface area contributed by atoms with Gasteiger partial charge in [0.15, 0.2) is 0 Å². The molecule has 110 valence electrons. The first-order chi connectivity index (χ1) is 9.63. The monoisotopic (exact) mass is 276 g/mol. The van der Waals surface area contributed by atoms with Crippen molar-refractivity contribution in [3.8, 4) is 0 Å². The van der Waals surface area contributed by atoms with Crippen molar-refractivity contribution in [2.24, 2.45) is 0 Å². The van der Waals surface area contributed by atoms with E-state index in [-0.39, 0.29) is 6.42 Å². The number of aliphatic carboxylic acids is 1. The molecule has 1 heterocycles. The van der Waals surface area contributed by atoms with Crippen LogP contribution in [0.15, 0.2) is 24.3 Å². The predicted molar refractivity (Wildman–Crippen MR) is 79.8 cm³/mol. The molecule has 1 aromatic rings. The molecular weight excluding hydrogens is 252 g/mol. The first kappa shape index (κ1) is 15.0. The summed E-state index contributed by atoms with van der Waals surface area (Å²) in [6.07, 6.45) is 2.76. The van der Waals surface area contributed by atoms with Gasteiger partial charge in [-0.1, -0.05) is 24.3 Å². The third-order valence-corrected chi connectivity index (χ3v) is 3.76. The van der Waals surface area contributed by atoms with Gasteiger partial charge in [0.05, 0.1) is 6.42 Å². The van der Waals surface area contributed by atoms with E-state index in [2.05, 4.69) is 17.1 Å². The highest BCUT2D eigenvalue weighted by molar-refractivity contribution is 5.70. The molecule has 0 aliphatic carbocycles. The fraction of sp³-hybridized carbons (Fsp3) is 0.562. The highest BCUT2D eigenvalue weighted by atomic mass is 16.4. The second-order valence-corrected chi connectivity index (χ2v) is 5.68. The lowest BCUT2D eigenvalue weighted by molar-refractivity contribution is -0.136. The van der Waals surface area contributed by atoms with Gasteiger partial charge < -0.3 is 15.3 Å². The normalized spacial score (nSPS) is 17.2. The van der Waals surface area contributed by atoms with Crippen LogP contribution in [-0.2, 0) is 17.8 Å². The Bertz CT molecular complexity index is 425. The van der Waals surface area contributed by atoms with Gasteiger partial charge in [0.25, 0.3) is 0 Å². The standard InChI is InChI=1S/C16H24N2O2/c1-13(12-18-8-2-3-9-18)17-11-15-6-4-14(5-7-15)10-16(19)20/h4-7,13,17H,2-3,8-12H2,1H3,(H,19,20). The van der Waals surface area contributed by atoms with Crippen LogP contribution in [0.3, 0.4) is 0 Å². The van der Waals surface area contributed by atoms with Crippen LogP contribution in [-0.4, -0.2) is 41.7 Å². The Hall–Kier alpha value is -1.39. The number of rotatable bonds is 7. The number of hydrogen-bond donors (Lipinski definition) is 2. The molecule has 1 atom stereocenters. The van der Waals surface area contributed by atoms with Crippen molar-refractivity contribution in [3.63, 3.8) is 0 Å². The van der Waals surface area contributed by atoms with Gasteiger partial charge in [-0.25, -0.2) is 0 Å². The molecule has 0 saturated carbocycles. The molecule has 0 amide bonds. The van der Waals surface area contributed by atoms with E-state index in [4.69, 9.17) is 5.11 Å². The molecular formula is C16H24N2O2. The lowest BCUT2D eigenvalue weighted by Crippen LogP contribution is -2.37. The summed E-state index contributed by atoms with van der Waals surface area (Å²) in [6, 6.07) is 8.29. The van der Waals surface area contributed by atoms with E-state index < -0.39 is 5.97 Å². The van der Waals surface area contributed by atoms with Gasteiger partial charge in [-0.3, -0.25) is 4.79 Å². The van der Waals surface area contributed by atoms with Gasteiger partial charge in [0.1, 0.15) is 0 Å². The molecule has 1 aliphatic rings. The van der Waals surface area contributed by atoms with Crippen LogP contribution in [0, 0.1) is 0 Å². The summed E-state index contributed by atoms with van der Waals surface area (Å²) >= 11 is 0. The van der Waals surface area contributed by atoms with Crippen molar-refractivity contribution in [1.29, 1.82) is 0 Å². The summed E-state index contributed by atoms with van der Waals surface area (Å²) in [7, 11) is 0. The number of carboxylic acids is 1. The molecule has 0 radical (unpaired) electrons. The van der Waals surface area contributed by atoms with Crippen LogP contribution in [0.1, 0.15) is 30.9 Å². The van der Waals surface area contributed by atoms with Crippen LogP contribution >= 0.6 is 0 Å². The lowest BCUT2D eigenvalue weighted by Gasteiger charge is -2.21. The van der Waals surface area contributed by atoms with Crippen LogP contribution < -0.4 is 5.32 Å². The maximum atomic E-state index is 10.6. The molecule has 4 nitrogen and oxygen atoms in total. The van der Waals surface area contributed by atoms with Crippen molar-refractivity contribution in [2.45, 2.75) is 38.8 Å². The molecule has 2 rings (SSSR count). The molecule has 0 spiro atoms. The van der Waals surface area contributed by atoms with Gasteiger partial charge in [-0.05, 0) is 44.0 Å². The van der Waals surface area contributed by atoms with Crippen molar-refractivity contribution in [2.75, 3.05) is 19.6 Å². The fourth-order valence-electron chi connectivity index (χ4n) is 2.66. The Balaban J connectivity index is 1.73. The Kier molecular flexibility index (Phi) is 5.56. The molecule has 1 saturated heterocycles. The number of carbonyl (C=O) groups is 1. The quantitative estimate of drug-likeness (QED) is 0.798. The van der Waals surface area contributed by atoms with Crippen molar-refractivity contribution in [3.05, 3.63) is 35.4 Å². The number of likely N-dealkylation sites (tertiary alicyclic amines) is 1. The van der Waals surface area contributed by atoms with Crippen LogP contribution in [0.25, 0.3) is 0 Å². The molecule has 1 unspecified atom stereocenters. The average molecular weight is 276 g/mol. The van der Waals surface area contributed by atoms with Gasteiger partial charge in [0.2, 0.25) is 0 Å². The van der Waals surface area contributed by atoms with Crippen LogP contribution in [0.2, 0.25) is 0 Å². The minimum atomic E-state index is -0.782. The molecule has 0 aromatic heterocycles. The average Bonchev–Trinajstić information content (AvgIpc) is 2.90.